The third kappa shape index (κ3) is 7.70. The Bertz CT molecular complexity index is 1510. The number of carbonyl (C=O) groups excluding carboxylic acids is 1. The van der Waals surface area contributed by atoms with E-state index in [4.69, 9.17) is 0 Å². The largest absolute Gasteiger partial charge is 0.512 e. The van der Waals surface area contributed by atoms with Crippen molar-refractivity contribution in [1.29, 1.82) is 0 Å². The average Bonchev–Trinajstić information content (AvgIpc) is 2.97. The van der Waals surface area contributed by atoms with E-state index in [1.807, 2.05) is 37.4 Å². The maximum atomic E-state index is 13.5. The summed E-state index contributed by atoms with van der Waals surface area (Å²) in [6.45, 7) is 4.11. The van der Waals surface area contributed by atoms with Crippen LogP contribution in [0.4, 0.5) is 4.39 Å². The number of ketones is 1. The van der Waals surface area contributed by atoms with E-state index in [0.29, 0.717) is 5.76 Å². The summed E-state index contributed by atoms with van der Waals surface area (Å²) in [5.41, 5.74) is 4.14. The monoisotopic (exact) mass is 729 g/mol. The van der Waals surface area contributed by atoms with E-state index in [9.17, 15) is 14.3 Å². The maximum Gasteiger partial charge on any atom is 0.162 e. The van der Waals surface area contributed by atoms with Gasteiger partial charge in [0.05, 0.1) is 5.76 Å². The van der Waals surface area contributed by atoms with E-state index in [0.717, 1.165) is 64.0 Å². The van der Waals surface area contributed by atoms with Crippen LogP contribution in [0.2, 0.25) is 0 Å². The molecule has 4 aromatic rings. The number of pyridine rings is 1. The Balaban J connectivity index is 0.000000193. The number of hydrogen-bond acceptors (Lipinski definition) is 3. The number of nitrogens with zero attached hydrogens (tertiary/aromatic N) is 1. The molecular formula is C36H39FIrNO2-. The fourth-order valence-corrected chi connectivity index (χ4v) is 6.37. The summed E-state index contributed by atoms with van der Waals surface area (Å²) in [5, 5.41) is 14.1. The number of hydrogen-bond donors (Lipinski definition) is 1. The molecule has 0 unspecified atom stereocenters. The molecule has 6 rings (SSSR count). The van der Waals surface area contributed by atoms with Crippen molar-refractivity contribution in [3.8, 4) is 11.3 Å². The molecule has 2 aliphatic carbocycles. The summed E-state index contributed by atoms with van der Waals surface area (Å²) in [6.07, 6.45) is 14.8. The number of aryl methyl sites for hydroxylation is 2. The molecule has 217 valence electrons. The van der Waals surface area contributed by atoms with E-state index >= 15 is 0 Å². The van der Waals surface area contributed by atoms with Crippen LogP contribution >= 0.6 is 0 Å². The van der Waals surface area contributed by atoms with Crippen LogP contribution in [0, 0.1) is 37.6 Å². The molecule has 0 saturated heterocycles. The molecule has 1 N–H and O–H groups in total. The van der Waals surface area contributed by atoms with Crippen molar-refractivity contribution in [3.05, 3.63) is 89.6 Å². The number of halogens is 1. The van der Waals surface area contributed by atoms with Crippen molar-refractivity contribution in [3.63, 3.8) is 0 Å². The summed E-state index contributed by atoms with van der Waals surface area (Å²) in [4.78, 5) is 16.6. The minimum Gasteiger partial charge on any atom is -0.512 e. The van der Waals surface area contributed by atoms with Crippen LogP contribution in [0.3, 0.4) is 0 Å². The molecule has 0 atom stereocenters. The molecular weight excluding hydrogens is 690 g/mol. The number of benzene rings is 3. The summed E-state index contributed by atoms with van der Waals surface area (Å²) < 4.78 is 13.5. The van der Waals surface area contributed by atoms with Crippen LogP contribution in [0.1, 0.15) is 75.3 Å². The zero-order valence-corrected chi connectivity index (χ0v) is 26.4. The standard InChI is InChI=1S/C21H15FN.C15H24O2.Ir/c1-13-9-14(2)11-17(10-13)21-20-15(7-8-23-21)3-4-16-12-18(22)5-6-19(16)20;16-14(12-7-3-1-4-8-12)11-15(17)13-9-5-2-6-10-13;/h3-10,12H,1-2H3;11-13,16H,1-10H2;/q-1;;/b;14-11-;. The minimum atomic E-state index is -0.222. The Morgan fingerprint density at radius 3 is 2.22 bits per heavy atom. The first kappa shape index (κ1) is 31.1. The van der Waals surface area contributed by atoms with Gasteiger partial charge in [0, 0.05) is 44.2 Å². The zero-order chi connectivity index (χ0) is 28.1. The molecule has 1 heterocycles. The van der Waals surface area contributed by atoms with Crippen molar-refractivity contribution in [2.24, 2.45) is 11.8 Å². The van der Waals surface area contributed by atoms with Crippen LogP contribution < -0.4 is 0 Å². The van der Waals surface area contributed by atoms with Crippen molar-refractivity contribution in [2.45, 2.75) is 78.1 Å². The molecule has 0 aliphatic heterocycles. The molecule has 1 aromatic heterocycles. The SMILES string of the molecule is Cc1[c-]c(-c2nccc3ccc4cc(F)ccc4c23)cc(C)c1.O=C(/C=C(\O)C1CCCCC1)C1CCCCC1.[Ir]. The predicted octanol–water partition coefficient (Wildman–Crippen LogP) is 9.77. The van der Waals surface area contributed by atoms with Crippen molar-refractivity contribution in [1.82, 2.24) is 4.98 Å². The first-order chi connectivity index (χ1) is 19.4. The number of rotatable bonds is 4. The fraction of sp³-hybridized carbons (Fsp3) is 0.389. The van der Waals surface area contributed by atoms with Gasteiger partial charge in [-0.3, -0.25) is 4.79 Å². The van der Waals surface area contributed by atoms with Gasteiger partial charge in [-0.1, -0.05) is 70.6 Å². The van der Waals surface area contributed by atoms with Crippen LogP contribution in [0.15, 0.2) is 66.6 Å². The van der Waals surface area contributed by atoms with Gasteiger partial charge in [0.25, 0.3) is 0 Å². The number of aliphatic hydroxyl groups excluding tert-OH is 1. The first-order valence-corrected chi connectivity index (χ1v) is 14.8. The van der Waals surface area contributed by atoms with Gasteiger partial charge in [-0.15, -0.1) is 34.9 Å². The van der Waals surface area contributed by atoms with E-state index in [1.54, 1.807) is 12.1 Å². The molecule has 2 fully saturated rings. The van der Waals surface area contributed by atoms with E-state index < -0.39 is 0 Å². The number of aromatic nitrogens is 1. The molecule has 1 radical (unpaired) electrons. The molecule has 0 bridgehead atoms. The number of fused-ring (bicyclic) bond motifs is 3. The fourth-order valence-electron chi connectivity index (χ4n) is 6.37. The first-order valence-electron chi connectivity index (χ1n) is 14.8. The van der Waals surface area contributed by atoms with Gasteiger partial charge < -0.3 is 10.1 Å². The molecule has 3 aromatic carbocycles. The quantitative estimate of drug-likeness (QED) is 0.0986. The Morgan fingerprint density at radius 1 is 0.878 bits per heavy atom. The number of aliphatic hydroxyl groups is 1. The van der Waals surface area contributed by atoms with E-state index in [2.05, 4.69) is 30.1 Å². The topological polar surface area (TPSA) is 50.2 Å². The Labute approximate surface area is 256 Å². The van der Waals surface area contributed by atoms with Gasteiger partial charge in [-0.2, -0.15) is 0 Å². The normalized spacial score (nSPS) is 16.6. The van der Waals surface area contributed by atoms with Crippen LogP contribution in [-0.4, -0.2) is 15.9 Å². The second-order valence-corrected chi connectivity index (χ2v) is 11.6. The van der Waals surface area contributed by atoms with E-state index in [1.165, 1.54) is 50.2 Å². The van der Waals surface area contributed by atoms with Crippen molar-refractivity contribution < 1.29 is 34.4 Å². The molecule has 5 heteroatoms. The summed E-state index contributed by atoms with van der Waals surface area (Å²) >= 11 is 0. The third-order valence-electron chi connectivity index (χ3n) is 8.43. The van der Waals surface area contributed by atoms with Gasteiger partial charge in [0.1, 0.15) is 5.82 Å². The number of allylic oxidation sites excluding steroid dienone is 2. The average molecular weight is 729 g/mol. The number of carbonyl (C=O) groups is 1. The molecule has 2 saturated carbocycles. The predicted molar refractivity (Wildman–Crippen MR) is 162 cm³/mol. The van der Waals surface area contributed by atoms with E-state index in [-0.39, 0.29) is 43.5 Å². The minimum absolute atomic E-state index is 0. The smallest absolute Gasteiger partial charge is 0.162 e. The molecule has 3 nitrogen and oxygen atoms in total. The molecule has 2 aliphatic rings. The van der Waals surface area contributed by atoms with Gasteiger partial charge in [0.15, 0.2) is 5.78 Å². The zero-order valence-electron chi connectivity index (χ0n) is 24.0. The van der Waals surface area contributed by atoms with Crippen molar-refractivity contribution >= 4 is 27.3 Å². The van der Waals surface area contributed by atoms with Crippen molar-refractivity contribution in [2.75, 3.05) is 0 Å². The Morgan fingerprint density at radius 2 is 1.54 bits per heavy atom. The van der Waals surface area contributed by atoms with Crippen LogP contribution in [0.25, 0.3) is 32.8 Å². The van der Waals surface area contributed by atoms with Gasteiger partial charge in [0.2, 0.25) is 0 Å². The third-order valence-corrected chi connectivity index (χ3v) is 8.43. The van der Waals surface area contributed by atoms with Gasteiger partial charge in [-0.25, -0.2) is 4.39 Å². The molecule has 0 amide bonds. The van der Waals surface area contributed by atoms with Gasteiger partial charge >= 0.3 is 0 Å². The molecule has 41 heavy (non-hydrogen) atoms. The Hall–Kier alpha value is -2.88. The van der Waals surface area contributed by atoms with Crippen LogP contribution in [0.5, 0.6) is 0 Å². The second kappa shape index (κ2) is 14.3. The molecule has 0 spiro atoms. The summed E-state index contributed by atoms with van der Waals surface area (Å²) in [6, 6.07) is 18.5. The van der Waals surface area contributed by atoms with Gasteiger partial charge in [-0.05, 0) is 71.1 Å². The Kier molecular flexibility index (Phi) is 10.9. The summed E-state index contributed by atoms with van der Waals surface area (Å²) in [5.74, 6) is 0.763. The second-order valence-electron chi connectivity index (χ2n) is 11.6. The maximum absolute atomic E-state index is 13.5. The van der Waals surface area contributed by atoms with Crippen LogP contribution in [-0.2, 0) is 24.9 Å². The summed E-state index contributed by atoms with van der Waals surface area (Å²) in [7, 11) is 0.